The maximum Gasteiger partial charge on any atom is 0.335 e. The summed E-state index contributed by atoms with van der Waals surface area (Å²) in [6, 6.07) is 9.07. The van der Waals surface area contributed by atoms with Gasteiger partial charge in [-0.05, 0) is 72.9 Å². The first-order chi connectivity index (χ1) is 11.9. The molecule has 0 radical (unpaired) electrons. The van der Waals surface area contributed by atoms with E-state index in [0.717, 1.165) is 33.5 Å². The van der Waals surface area contributed by atoms with E-state index in [-0.39, 0.29) is 5.56 Å². The third kappa shape index (κ3) is 3.19. The summed E-state index contributed by atoms with van der Waals surface area (Å²) in [4.78, 5) is 15.3. The molecule has 5 heteroatoms. The minimum atomic E-state index is -0.967. The number of carbonyl (C=O) groups is 1. The van der Waals surface area contributed by atoms with E-state index in [2.05, 4.69) is 4.98 Å². The van der Waals surface area contributed by atoms with Gasteiger partial charge in [-0.3, -0.25) is 0 Å². The maximum absolute atomic E-state index is 11.2. The highest BCUT2D eigenvalue weighted by molar-refractivity contribution is 5.88. The zero-order chi connectivity index (χ0) is 18.1. The molecule has 1 heterocycles. The smallest absolute Gasteiger partial charge is 0.335 e. The number of carboxylic acids is 1. The van der Waals surface area contributed by atoms with E-state index >= 15 is 0 Å². The second-order valence-corrected chi connectivity index (χ2v) is 6.24. The van der Waals surface area contributed by atoms with Crippen molar-refractivity contribution >= 4 is 5.97 Å². The monoisotopic (exact) mass is 336 g/mol. The van der Waals surface area contributed by atoms with Crippen LogP contribution in [0.15, 0.2) is 49.1 Å². The maximum atomic E-state index is 11.2. The van der Waals surface area contributed by atoms with E-state index in [1.807, 2.05) is 49.7 Å². The first-order valence-corrected chi connectivity index (χ1v) is 8.00. The first kappa shape index (κ1) is 16.9. The van der Waals surface area contributed by atoms with E-state index < -0.39 is 12.1 Å². The van der Waals surface area contributed by atoms with Gasteiger partial charge in [0.1, 0.15) is 6.10 Å². The fourth-order valence-corrected chi connectivity index (χ4v) is 3.18. The molecule has 2 N–H and O–H groups in total. The number of benzene rings is 2. The lowest BCUT2D eigenvalue weighted by atomic mass is 9.89. The van der Waals surface area contributed by atoms with Crippen LogP contribution in [-0.2, 0) is 0 Å². The van der Waals surface area contributed by atoms with E-state index in [1.54, 1.807) is 24.7 Å². The fraction of sp³-hybridized carbons (Fsp3) is 0.200. The summed E-state index contributed by atoms with van der Waals surface area (Å²) in [5.74, 6) is -0.967. The number of imidazole rings is 1. The van der Waals surface area contributed by atoms with Gasteiger partial charge in [0, 0.05) is 18.1 Å². The van der Waals surface area contributed by atoms with E-state index in [9.17, 15) is 15.0 Å². The van der Waals surface area contributed by atoms with Crippen molar-refractivity contribution in [2.75, 3.05) is 0 Å². The molecule has 0 saturated heterocycles. The van der Waals surface area contributed by atoms with Gasteiger partial charge in [-0.2, -0.15) is 0 Å². The minimum absolute atomic E-state index is 0.231. The van der Waals surface area contributed by atoms with Crippen molar-refractivity contribution < 1.29 is 15.0 Å². The van der Waals surface area contributed by atoms with Crippen LogP contribution in [-0.4, -0.2) is 25.7 Å². The highest BCUT2D eigenvalue weighted by atomic mass is 16.4. The average molecular weight is 336 g/mol. The molecule has 0 amide bonds. The summed E-state index contributed by atoms with van der Waals surface area (Å²) >= 11 is 0. The van der Waals surface area contributed by atoms with Crippen molar-refractivity contribution in [1.82, 2.24) is 9.55 Å². The number of aromatic nitrogens is 2. The Labute approximate surface area is 146 Å². The molecule has 0 spiro atoms. The summed E-state index contributed by atoms with van der Waals surface area (Å²) in [5, 5.41) is 20.2. The third-order valence-corrected chi connectivity index (χ3v) is 4.47. The van der Waals surface area contributed by atoms with E-state index in [4.69, 9.17) is 0 Å². The molecule has 1 aromatic heterocycles. The predicted molar refractivity (Wildman–Crippen MR) is 95.2 cm³/mol. The van der Waals surface area contributed by atoms with Crippen LogP contribution in [0.4, 0.5) is 0 Å². The highest BCUT2D eigenvalue weighted by Crippen LogP contribution is 2.31. The zero-order valence-electron chi connectivity index (χ0n) is 14.4. The van der Waals surface area contributed by atoms with Crippen LogP contribution in [0.25, 0.3) is 5.69 Å². The second-order valence-electron chi connectivity index (χ2n) is 6.24. The summed E-state index contributed by atoms with van der Waals surface area (Å²) in [7, 11) is 0. The van der Waals surface area contributed by atoms with Crippen LogP contribution in [0.3, 0.4) is 0 Å². The molecular formula is C20H20N2O3. The number of aliphatic hydroxyl groups excluding tert-OH is 1. The highest BCUT2D eigenvalue weighted by Gasteiger charge is 2.20. The van der Waals surface area contributed by atoms with Gasteiger partial charge < -0.3 is 14.8 Å². The van der Waals surface area contributed by atoms with Gasteiger partial charge in [0.25, 0.3) is 0 Å². The molecule has 0 aliphatic rings. The number of carboxylic acid groups (broad SMARTS) is 1. The van der Waals surface area contributed by atoms with Gasteiger partial charge in [-0.15, -0.1) is 0 Å². The molecule has 25 heavy (non-hydrogen) atoms. The van der Waals surface area contributed by atoms with E-state index in [0.29, 0.717) is 0 Å². The van der Waals surface area contributed by atoms with Crippen molar-refractivity contribution in [3.8, 4) is 5.69 Å². The average Bonchev–Trinajstić information content (AvgIpc) is 3.08. The molecule has 0 fully saturated rings. The summed E-state index contributed by atoms with van der Waals surface area (Å²) < 4.78 is 1.88. The number of hydrogen-bond donors (Lipinski definition) is 2. The van der Waals surface area contributed by atoms with Crippen molar-refractivity contribution in [3.63, 3.8) is 0 Å². The third-order valence-electron chi connectivity index (χ3n) is 4.47. The molecule has 3 aromatic rings. The lowest BCUT2D eigenvalue weighted by Gasteiger charge is -2.20. The normalized spacial score (nSPS) is 12.2. The first-order valence-electron chi connectivity index (χ1n) is 8.00. The van der Waals surface area contributed by atoms with Gasteiger partial charge in [0.2, 0.25) is 0 Å². The number of hydrogen-bond acceptors (Lipinski definition) is 3. The number of rotatable bonds is 4. The minimum Gasteiger partial charge on any atom is -0.478 e. The zero-order valence-corrected chi connectivity index (χ0v) is 14.4. The molecule has 1 unspecified atom stereocenters. The largest absolute Gasteiger partial charge is 0.478 e. The van der Waals surface area contributed by atoms with Crippen LogP contribution in [0, 0.1) is 20.8 Å². The van der Waals surface area contributed by atoms with Crippen molar-refractivity contribution in [3.05, 3.63) is 82.4 Å². The Balaban J connectivity index is 2.08. The standard InChI is InChI=1S/C20H20N2O3/c1-12-4-5-16(22-7-6-21-11-22)10-17(12)19(23)18-13(2)8-15(20(24)25)9-14(18)3/h4-11,19,23H,1-3H3,(H,24,25). The van der Waals surface area contributed by atoms with Gasteiger partial charge in [-0.25, -0.2) is 9.78 Å². The predicted octanol–water partition coefficient (Wildman–Crippen LogP) is 3.58. The second kappa shape index (κ2) is 6.53. The molecule has 0 bridgehead atoms. The Morgan fingerprint density at radius 3 is 2.32 bits per heavy atom. The fourth-order valence-electron chi connectivity index (χ4n) is 3.18. The van der Waals surface area contributed by atoms with E-state index in [1.165, 1.54) is 0 Å². The number of aryl methyl sites for hydroxylation is 3. The molecule has 0 saturated carbocycles. The van der Waals surface area contributed by atoms with Crippen LogP contribution >= 0.6 is 0 Å². The van der Waals surface area contributed by atoms with Gasteiger partial charge in [0.05, 0.1) is 11.9 Å². The lowest BCUT2D eigenvalue weighted by Crippen LogP contribution is -2.09. The van der Waals surface area contributed by atoms with Gasteiger partial charge >= 0.3 is 5.97 Å². The van der Waals surface area contributed by atoms with Crippen LogP contribution in [0.5, 0.6) is 0 Å². The number of aromatic carboxylic acids is 1. The molecule has 5 nitrogen and oxygen atoms in total. The Bertz CT molecular complexity index is 907. The molecule has 128 valence electrons. The Hall–Kier alpha value is -2.92. The van der Waals surface area contributed by atoms with Crippen molar-refractivity contribution in [2.45, 2.75) is 26.9 Å². The Kier molecular flexibility index (Phi) is 4.42. The van der Waals surface area contributed by atoms with Crippen LogP contribution in [0.2, 0.25) is 0 Å². The lowest BCUT2D eigenvalue weighted by molar-refractivity contribution is 0.0696. The van der Waals surface area contributed by atoms with Crippen molar-refractivity contribution in [1.29, 1.82) is 0 Å². The summed E-state index contributed by atoms with van der Waals surface area (Å²) in [6.07, 6.45) is 4.43. The molecular weight excluding hydrogens is 316 g/mol. The number of nitrogens with zero attached hydrogens (tertiary/aromatic N) is 2. The molecule has 1 atom stereocenters. The Morgan fingerprint density at radius 2 is 1.76 bits per heavy atom. The molecule has 0 aliphatic heterocycles. The quantitative estimate of drug-likeness (QED) is 0.763. The van der Waals surface area contributed by atoms with Crippen LogP contribution in [0.1, 0.15) is 44.3 Å². The SMILES string of the molecule is Cc1ccc(-n2ccnc2)cc1C(O)c1c(C)cc(C(=O)O)cc1C. The molecule has 3 rings (SSSR count). The topological polar surface area (TPSA) is 75.3 Å². The summed E-state index contributed by atoms with van der Waals surface area (Å²) in [5.41, 5.74) is 5.17. The molecule has 0 aliphatic carbocycles. The van der Waals surface area contributed by atoms with Crippen LogP contribution < -0.4 is 0 Å². The number of aliphatic hydroxyl groups is 1. The van der Waals surface area contributed by atoms with Crippen molar-refractivity contribution in [2.24, 2.45) is 0 Å². The summed E-state index contributed by atoms with van der Waals surface area (Å²) in [6.45, 7) is 5.60. The van der Waals surface area contributed by atoms with Gasteiger partial charge in [-0.1, -0.05) is 6.07 Å². The Morgan fingerprint density at radius 1 is 1.08 bits per heavy atom. The van der Waals surface area contributed by atoms with Gasteiger partial charge in [0.15, 0.2) is 0 Å². The molecule has 2 aromatic carbocycles.